The van der Waals surface area contributed by atoms with Crippen molar-refractivity contribution in [3.63, 3.8) is 0 Å². The van der Waals surface area contributed by atoms with Gasteiger partial charge >= 0.3 is 0 Å². The molecule has 0 fully saturated rings. The Morgan fingerprint density at radius 2 is 1.76 bits per heavy atom. The van der Waals surface area contributed by atoms with E-state index >= 15 is 0 Å². The second kappa shape index (κ2) is 4.97. The number of anilines is 1. The normalized spacial score (nSPS) is 10.0. The highest BCUT2D eigenvalue weighted by Crippen LogP contribution is 2.34. The molecule has 0 aliphatic heterocycles. The Morgan fingerprint density at radius 3 is 2.47 bits per heavy atom. The van der Waals surface area contributed by atoms with E-state index in [4.69, 9.17) is 26.8 Å². The number of hydrogen-bond acceptors (Lipinski definition) is 3. The van der Waals surface area contributed by atoms with Crippen molar-refractivity contribution in [3.8, 4) is 17.2 Å². The van der Waals surface area contributed by atoms with Gasteiger partial charge in [0.2, 0.25) is 0 Å². The first-order valence-corrected chi connectivity index (χ1v) is 5.44. The summed E-state index contributed by atoms with van der Waals surface area (Å²) in [6.45, 7) is 0. The lowest BCUT2D eigenvalue weighted by Gasteiger charge is -2.11. The lowest BCUT2D eigenvalue weighted by atomic mass is 10.2. The van der Waals surface area contributed by atoms with Crippen LogP contribution in [0.3, 0.4) is 0 Å². The number of nitrogen functional groups attached to an aromatic ring is 1. The van der Waals surface area contributed by atoms with Gasteiger partial charge in [-0.05, 0) is 30.3 Å². The number of nitrogens with two attached hydrogens (primary N) is 1. The fraction of sp³-hybridized carbons (Fsp3) is 0.0769. The maximum Gasteiger partial charge on any atom is 0.154 e. The molecule has 2 rings (SSSR count). The average Bonchev–Trinajstić information content (AvgIpc) is 2.32. The minimum absolute atomic E-state index is 0.468. The minimum Gasteiger partial charge on any atom is -0.494 e. The lowest BCUT2D eigenvalue weighted by Crippen LogP contribution is -1.95. The minimum atomic E-state index is 0.468. The van der Waals surface area contributed by atoms with Crippen LogP contribution in [-0.2, 0) is 0 Å². The van der Waals surface area contributed by atoms with Crippen molar-refractivity contribution in [3.05, 3.63) is 47.5 Å². The third-order valence-corrected chi connectivity index (χ3v) is 2.51. The summed E-state index contributed by atoms with van der Waals surface area (Å²) in [5.41, 5.74) is 6.36. The third-order valence-electron chi connectivity index (χ3n) is 2.27. The SMILES string of the molecule is COc1cccc(Oc2cccc(Cl)c2)c1N. The number of hydrogen-bond donors (Lipinski definition) is 1. The molecule has 0 unspecified atom stereocenters. The van der Waals surface area contributed by atoms with Gasteiger partial charge in [0.1, 0.15) is 17.2 Å². The Hall–Kier alpha value is -1.87. The molecule has 0 spiro atoms. The summed E-state index contributed by atoms with van der Waals surface area (Å²) in [6.07, 6.45) is 0. The lowest BCUT2D eigenvalue weighted by molar-refractivity contribution is 0.412. The van der Waals surface area contributed by atoms with Crippen LogP contribution in [0.2, 0.25) is 5.02 Å². The molecule has 0 saturated heterocycles. The van der Waals surface area contributed by atoms with E-state index in [0.717, 1.165) is 0 Å². The van der Waals surface area contributed by atoms with Crippen LogP contribution in [0, 0.1) is 0 Å². The Balaban J connectivity index is 2.30. The quantitative estimate of drug-likeness (QED) is 0.843. The molecule has 0 aliphatic rings. The highest BCUT2D eigenvalue weighted by atomic mass is 35.5. The average molecular weight is 250 g/mol. The van der Waals surface area contributed by atoms with Crippen LogP contribution in [0.25, 0.3) is 0 Å². The van der Waals surface area contributed by atoms with Gasteiger partial charge in [-0.1, -0.05) is 23.7 Å². The Labute approximate surface area is 105 Å². The first-order valence-electron chi connectivity index (χ1n) is 5.06. The van der Waals surface area contributed by atoms with Crippen molar-refractivity contribution < 1.29 is 9.47 Å². The zero-order valence-electron chi connectivity index (χ0n) is 9.31. The molecular formula is C13H12ClNO2. The molecule has 88 valence electrons. The first kappa shape index (κ1) is 11.6. The largest absolute Gasteiger partial charge is 0.494 e. The van der Waals surface area contributed by atoms with Crippen LogP contribution in [0.1, 0.15) is 0 Å². The molecule has 0 heterocycles. The summed E-state index contributed by atoms with van der Waals surface area (Å²) in [4.78, 5) is 0. The summed E-state index contributed by atoms with van der Waals surface area (Å²) >= 11 is 5.87. The van der Waals surface area contributed by atoms with Gasteiger partial charge in [-0.25, -0.2) is 0 Å². The predicted octanol–water partition coefficient (Wildman–Crippen LogP) is 3.72. The van der Waals surface area contributed by atoms with E-state index in [1.807, 2.05) is 18.2 Å². The van der Waals surface area contributed by atoms with Crippen molar-refractivity contribution in [1.82, 2.24) is 0 Å². The molecule has 0 atom stereocenters. The zero-order valence-corrected chi connectivity index (χ0v) is 10.1. The van der Waals surface area contributed by atoms with Crippen molar-refractivity contribution in [2.45, 2.75) is 0 Å². The molecule has 0 aliphatic carbocycles. The molecule has 17 heavy (non-hydrogen) atoms. The molecule has 0 saturated carbocycles. The van der Waals surface area contributed by atoms with Crippen LogP contribution < -0.4 is 15.2 Å². The summed E-state index contributed by atoms with van der Waals surface area (Å²) in [6, 6.07) is 12.5. The molecule has 2 N–H and O–H groups in total. The van der Waals surface area contributed by atoms with Crippen molar-refractivity contribution in [2.24, 2.45) is 0 Å². The van der Waals surface area contributed by atoms with Crippen molar-refractivity contribution in [1.29, 1.82) is 0 Å². The highest BCUT2D eigenvalue weighted by molar-refractivity contribution is 6.30. The highest BCUT2D eigenvalue weighted by Gasteiger charge is 2.07. The molecule has 2 aromatic carbocycles. The second-order valence-electron chi connectivity index (χ2n) is 3.43. The smallest absolute Gasteiger partial charge is 0.154 e. The van der Waals surface area contributed by atoms with Gasteiger partial charge in [-0.2, -0.15) is 0 Å². The van der Waals surface area contributed by atoms with Gasteiger partial charge in [0.05, 0.1) is 7.11 Å². The summed E-state index contributed by atoms with van der Waals surface area (Å²) < 4.78 is 10.8. The molecule has 0 aromatic heterocycles. The number of ether oxygens (including phenoxy) is 2. The molecular weight excluding hydrogens is 238 g/mol. The summed E-state index contributed by atoms with van der Waals surface area (Å²) in [5, 5.41) is 0.615. The maximum absolute atomic E-state index is 5.90. The molecule has 0 radical (unpaired) electrons. The second-order valence-corrected chi connectivity index (χ2v) is 3.87. The van der Waals surface area contributed by atoms with Crippen LogP contribution >= 0.6 is 11.6 Å². The Morgan fingerprint density at radius 1 is 1.06 bits per heavy atom. The van der Waals surface area contributed by atoms with Gasteiger partial charge in [0, 0.05) is 5.02 Å². The van der Waals surface area contributed by atoms with Crippen molar-refractivity contribution >= 4 is 17.3 Å². The van der Waals surface area contributed by atoms with E-state index in [1.165, 1.54) is 0 Å². The molecule has 4 heteroatoms. The van der Waals surface area contributed by atoms with Crippen LogP contribution in [0.5, 0.6) is 17.2 Å². The Kier molecular flexibility index (Phi) is 3.40. The number of rotatable bonds is 3. The van der Waals surface area contributed by atoms with E-state index in [-0.39, 0.29) is 0 Å². The van der Waals surface area contributed by atoms with E-state index in [1.54, 1.807) is 31.4 Å². The molecule has 0 amide bonds. The standard InChI is InChI=1S/C13H12ClNO2/c1-16-11-6-3-7-12(13(11)15)17-10-5-2-4-9(14)8-10/h2-8H,15H2,1H3. The third kappa shape index (κ3) is 2.63. The first-order chi connectivity index (χ1) is 8.20. The van der Waals surface area contributed by atoms with Gasteiger partial charge < -0.3 is 15.2 Å². The fourth-order valence-corrected chi connectivity index (χ4v) is 1.63. The van der Waals surface area contributed by atoms with Gasteiger partial charge in [-0.15, -0.1) is 0 Å². The van der Waals surface area contributed by atoms with E-state index < -0.39 is 0 Å². The number of para-hydroxylation sites is 1. The molecule has 0 bridgehead atoms. The predicted molar refractivity (Wildman–Crippen MR) is 68.9 cm³/mol. The van der Waals surface area contributed by atoms with Gasteiger partial charge in [0.25, 0.3) is 0 Å². The van der Waals surface area contributed by atoms with E-state index in [2.05, 4.69) is 0 Å². The molecule has 2 aromatic rings. The molecule has 3 nitrogen and oxygen atoms in total. The van der Waals surface area contributed by atoms with Crippen LogP contribution in [0.4, 0.5) is 5.69 Å². The summed E-state index contributed by atoms with van der Waals surface area (Å²) in [5.74, 6) is 1.77. The Bertz CT molecular complexity index is 529. The number of halogens is 1. The monoisotopic (exact) mass is 249 g/mol. The van der Waals surface area contributed by atoms with E-state index in [0.29, 0.717) is 28.0 Å². The zero-order chi connectivity index (χ0) is 12.3. The fourth-order valence-electron chi connectivity index (χ4n) is 1.45. The number of methoxy groups -OCH3 is 1. The topological polar surface area (TPSA) is 44.5 Å². The number of benzene rings is 2. The summed E-state index contributed by atoms with van der Waals surface area (Å²) in [7, 11) is 1.56. The van der Waals surface area contributed by atoms with Gasteiger partial charge in [0.15, 0.2) is 5.75 Å². The van der Waals surface area contributed by atoms with Crippen LogP contribution in [-0.4, -0.2) is 7.11 Å². The maximum atomic E-state index is 5.90. The van der Waals surface area contributed by atoms with Crippen LogP contribution in [0.15, 0.2) is 42.5 Å². The van der Waals surface area contributed by atoms with E-state index in [9.17, 15) is 0 Å². The van der Waals surface area contributed by atoms with Gasteiger partial charge in [-0.3, -0.25) is 0 Å². The van der Waals surface area contributed by atoms with Crippen molar-refractivity contribution in [2.75, 3.05) is 12.8 Å².